The maximum absolute atomic E-state index is 14.8. The Hall–Kier alpha value is -5.43. The lowest BCUT2D eigenvalue weighted by Crippen LogP contribution is -2.67. The molecule has 5 amide bonds. The van der Waals surface area contributed by atoms with Crippen molar-refractivity contribution in [2.75, 3.05) is 41.4 Å². The van der Waals surface area contributed by atoms with Gasteiger partial charge in [0.15, 0.2) is 0 Å². The van der Waals surface area contributed by atoms with Gasteiger partial charge in [-0.1, -0.05) is 40.3 Å². The molecule has 6 atom stereocenters. The van der Waals surface area contributed by atoms with Crippen molar-refractivity contribution in [3.8, 4) is 22.5 Å². The van der Waals surface area contributed by atoms with Gasteiger partial charge < -0.3 is 34.1 Å². The monoisotopic (exact) mass is 950 g/mol. The third-order valence-corrected chi connectivity index (χ3v) is 14.9. The van der Waals surface area contributed by atoms with Gasteiger partial charge in [-0.2, -0.15) is 0 Å². The van der Waals surface area contributed by atoms with Crippen molar-refractivity contribution < 1.29 is 33.4 Å². The average Bonchev–Trinajstić information content (AvgIpc) is 3.88. The second-order valence-electron chi connectivity index (χ2n) is 19.3. The summed E-state index contributed by atoms with van der Waals surface area (Å²) in [6.07, 6.45) is 4.76. The molecule has 0 spiro atoms. The first-order valence-corrected chi connectivity index (χ1v) is 24.4. The number of aromatic nitrogens is 3. The normalized spacial score (nSPS) is 22.6. The number of ether oxygens (including phenoxy) is 2. The Morgan fingerprint density at radius 3 is 2.55 bits per heavy atom. The highest BCUT2D eigenvalue weighted by Crippen LogP contribution is 2.42. The van der Waals surface area contributed by atoms with Gasteiger partial charge in [0.1, 0.15) is 17.2 Å². The number of pyridine rings is 1. The zero-order valence-electron chi connectivity index (χ0n) is 40.3. The molecular formula is C49H64N9O7SSi. The molecule has 3 aliphatic rings. The van der Waals surface area contributed by atoms with Crippen LogP contribution in [0.2, 0.25) is 0 Å². The van der Waals surface area contributed by atoms with E-state index in [1.807, 2.05) is 32.2 Å². The van der Waals surface area contributed by atoms with Crippen LogP contribution in [0.3, 0.4) is 0 Å². The number of hydrazine groups is 1. The third kappa shape index (κ3) is 9.94. The molecule has 67 heavy (non-hydrogen) atoms. The van der Waals surface area contributed by atoms with Crippen LogP contribution in [0.15, 0.2) is 54.6 Å². The lowest BCUT2D eigenvalue weighted by atomic mass is 9.84. The second-order valence-corrected chi connectivity index (χ2v) is 21.1. The van der Waals surface area contributed by atoms with Crippen molar-refractivity contribution >= 4 is 62.2 Å². The van der Waals surface area contributed by atoms with Gasteiger partial charge in [-0.25, -0.2) is 15.2 Å². The van der Waals surface area contributed by atoms with Gasteiger partial charge in [0.05, 0.1) is 57.1 Å². The molecule has 16 nitrogen and oxygen atoms in total. The standard InChI is InChI=1S/C49H64N9O7SSi/c1-12-40(59)54(8)37-24-38(37)55(9)47(63)56(10)42(28(3)4)44(60)52-34-23-39-51-35(26-66-39)30-17-18-36-32(22-30)33(43(57(36)13-2)31-16-14-20-50-41(31)29(5)64-11)25-48(6,7)27-65-46(62)49(67)19-15-21-58(53-49)45(34)61/h12,14,16-18,20,22,26,28-29,34,37-38,42,53H,1,13,15,19,21,23-25,27H2,2-11H3,(H,52,60)/t29-,34-,37+,38+,42-,49-/m0/s1. The zero-order valence-corrected chi connectivity index (χ0v) is 42.2. The van der Waals surface area contributed by atoms with Crippen molar-refractivity contribution in [2.45, 2.75) is 116 Å². The number of benzene rings is 1. The Labute approximate surface area is 400 Å². The van der Waals surface area contributed by atoms with Gasteiger partial charge in [-0.05, 0) is 81.4 Å². The maximum Gasteiger partial charge on any atom is 0.323 e. The molecule has 1 saturated carbocycles. The molecule has 1 aromatic carbocycles. The number of methoxy groups -OCH3 is 1. The van der Waals surface area contributed by atoms with Crippen molar-refractivity contribution in [1.29, 1.82) is 0 Å². The molecule has 1 saturated heterocycles. The number of likely N-dealkylation sites (N-methyl/N-ethyl adjacent to an activating group) is 3. The number of nitrogens with zero attached hydrogens (tertiary/aromatic N) is 7. The maximum atomic E-state index is 14.8. The number of esters is 1. The topological polar surface area (TPSA) is 172 Å². The Bertz CT molecular complexity index is 2560. The number of fused-ring (bicyclic) bond motifs is 6. The summed E-state index contributed by atoms with van der Waals surface area (Å²) in [5.41, 5.74) is 9.11. The minimum absolute atomic E-state index is 0.0435. The molecule has 1 aliphatic carbocycles. The number of cyclic esters (lactones) is 1. The SMILES string of the molecule is C=CC(=O)N(C)[C@@H]1C[C@H]1N(C)C(=O)N(C)[C@H](C(=O)N[C@H]1Cc2nc(cs2)-c2ccc3c(c2)c(c(-c2cccnc2[C@H](C)OC)n3CC)CC(C)(C)COC(=O)[C@@]2([Si])CCCN(N2)C1=O)C(C)C. The van der Waals surface area contributed by atoms with E-state index in [0.717, 1.165) is 44.7 Å². The Morgan fingerprint density at radius 2 is 1.87 bits per heavy atom. The summed E-state index contributed by atoms with van der Waals surface area (Å²) < 4.78 is 14.3. The fourth-order valence-corrected chi connectivity index (χ4v) is 10.9. The van der Waals surface area contributed by atoms with Crippen LogP contribution in [0.25, 0.3) is 33.4 Å². The number of nitrogens with one attached hydrogen (secondary N) is 2. The highest BCUT2D eigenvalue weighted by molar-refractivity contribution is 7.10. The van der Waals surface area contributed by atoms with Gasteiger partial charge >= 0.3 is 12.0 Å². The van der Waals surface area contributed by atoms with E-state index in [0.29, 0.717) is 37.2 Å². The van der Waals surface area contributed by atoms with E-state index in [2.05, 4.69) is 77.2 Å². The first kappa shape index (κ1) is 49.5. The van der Waals surface area contributed by atoms with Gasteiger partial charge in [0.25, 0.3) is 5.91 Å². The summed E-state index contributed by atoms with van der Waals surface area (Å²) in [7, 11) is 10.3. The number of carbonyl (C=O) groups excluding carboxylic acids is 5. The molecule has 3 radical (unpaired) electrons. The smallest absolute Gasteiger partial charge is 0.323 e. The molecule has 4 aromatic rings. The molecule has 3 aromatic heterocycles. The zero-order chi connectivity index (χ0) is 48.7. The van der Waals surface area contributed by atoms with Crippen LogP contribution >= 0.6 is 11.3 Å². The summed E-state index contributed by atoms with van der Waals surface area (Å²) >= 11 is 1.39. The van der Waals surface area contributed by atoms with E-state index in [9.17, 15) is 24.0 Å². The number of hydrogen-bond donors (Lipinski definition) is 2. The quantitative estimate of drug-likeness (QED) is 0.111. The molecule has 2 fully saturated rings. The lowest BCUT2D eigenvalue weighted by Gasteiger charge is -2.41. The Balaban J connectivity index is 1.27. The number of carbonyl (C=O) groups is 5. The summed E-state index contributed by atoms with van der Waals surface area (Å²) in [5, 5.41) is 6.57. The Kier molecular flexibility index (Phi) is 14.5. The van der Waals surface area contributed by atoms with Crippen LogP contribution in [-0.2, 0) is 48.0 Å². The highest BCUT2D eigenvalue weighted by atomic mass is 32.1. The van der Waals surface area contributed by atoms with Crippen molar-refractivity contribution in [3.05, 3.63) is 70.8 Å². The van der Waals surface area contributed by atoms with Gasteiger partial charge in [-0.15, -0.1) is 11.3 Å². The molecule has 0 unspecified atom stereocenters. The number of hydrogen-bond acceptors (Lipinski definition) is 11. The number of aryl methyl sites for hydroxylation is 1. The molecule has 5 heterocycles. The number of thiazole rings is 1. The fraction of sp³-hybridized carbons (Fsp3) is 0.531. The minimum Gasteiger partial charge on any atom is -0.464 e. The summed E-state index contributed by atoms with van der Waals surface area (Å²) in [6.45, 7) is 16.6. The van der Waals surface area contributed by atoms with E-state index < -0.39 is 46.5 Å². The highest BCUT2D eigenvalue weighted by Gasteiger charge is 2.48. The number of rotatable bonds is 11. The second kappa shape index (κ2) is 19.7. The first-order valence-electron chi connectivity index (χ1n) is 23.0. The average molecular weight is 951 g/mol. The van der Waals surface area contributed by atoms with Crippen LogP contribution in [-0.4, -0.2) is 145 Å². The molecule has 7 rings (SSSR count). The summed E-state index contributed by atoms with van der Waals surface area (Å²) in [6, 6.07) is 7.48. The first-order chi connectivity index (χ1) is 31.7. The summed E-state index contributed by atoms with van der Waals surface area (Å²) in [4.78, 5) is 84.1. The molecule has 357 valence electrons. The van der Waals surface area contributed by atoms with Crippen molar-refractivity contribution in [2.24, 2.45) is 11.3 Å². The van der Waals surface area contributed by atoms with Crippen LogP contribution < -0.4 is 10.7 Å². The molecule has 2 N–H and O–H groups in total. The minimum atomic E-state index is -1.43. The van der Waals surface area contributed by atoms with Gasteiger partial charge in [0.2, 0.25) is 11.8 Å². The van der Waals surface area contributed by atoms with E-state index >= 15 is 0 Å². The molecule has 2 aliphatic heterocycles. The van der Waals surface area contributed by atoms with Crippen LogP contribution in [0.4, 0.5) is 4.79 Å². The van der Waals surface area contributed by atoms with E-state index in [1.165, 1.54) is 27.3 Å². The van der Waals surface area contributed by atoms with Gasteiger partial charge in [-0.3, -0.25) is 29.2 Å². The fourth-order valence-electron chi connectivity index (χ4n) is 9.62. The van der Waals surface area contributed by atoms with Crippen LogP contribution in [0.1, 0.15) is 83.2 Å². The van der Waals surface area contributed by atoms with E-state index in [4.69, 9.17) is 19.4 Å². The lowest BCUT2D eigenvalue weighted by molar-refractivity contribution is -0.158. The van der Waals surface area contributed by atoms with E-state index in [1.54, 1.807) is 44.2 Å². The third-order valence-electron chi connectivity index (χ3n) is 13.4. The molecular weight excluding hydrogens is 887 g/mol. The number of amides is 5. The Morgan fingerprint density at radius 1 is 1.13 bits per heavy atom. The van der Waals surface area contributed by atoms with Gasteiger partial charge in [0, 0.05) is 86.8 Å². The number of urea groups is 1. The largest absolute Gasteiger partial charge is 0.464 e. The molecule has 6 bridgehead atoms. The predicted molar refractivity (Wildman–Crippen MR) is 259 cm³/mol. The predicted octanol–water partition coefficient (Wildman–Crippen LogP) is 5.49. The molecule has 18 heteroatoms. The summed E-state index contributed by atoms with van der Waals surface area (Å²) in [5.74, 6) is -2.13. The van der Waals surface area contributed by atoms with Crippen LogP contribution in [0, 0.1) is 11.3 Å². The van der Waals surface area contributed by atoms with Crippen molar-refractivity contribution in [1.82, 2.24) is 45.0 Å². The van der Waals surface area contributed by atoms with Crippen LogP contribution in [0.5, 0.6) is 0 Å². The van der Waals surface area contributed by atoms with E-state index in [-0.39, 0.29) is 49.6 Å². The van der Waals surface area contributed by atoms with Crippen molar-refractivity contribution in [3.63, 3.8) is 0 Å².